The summed E-state index contributed by atoms with van der Waals surface area (Å²) in [4.78, 5) is 36.3. The maximum absolute atomic E-state index is 12.3. The molecule has 0 unspecified atom stereocenters. The average Bonchev–Trinajstić information content (AvgIpc) is 2.53. The molecule has 21 heavy (non-hydrogen) atoms. The molecule has 1 aromatic carbocycles. The lowest BCUT2D eigenvalue weighted by Gasteiger charge is -2.13. The number of ether oxygens (including phenoxy) is 1. The molecule has 3 rings (SSSR count). The summed E-state index contributed by atoms with van der Waals surface area (Å²) in [6.45, 7) is 0. The number of rotatable bonds is 2. The smallest absolute Gasteiger partial charge is 0.228 e. The van der Waals surface area contributed by atoms with Gasteiger partial charge in [-0.05, 0) is 24.3 Å². The van der Waals surface area contributed by atoms with Crippen molar-refractivity contribution in [1.29, 1.82) is 0 Å². The molecule has 6 heteroatoms. The standard InChI is InChI=1S/C15H11N3O3/c1-21-10-4-2-9(3-5-10)18-11-8-12(19)13-14(15(11)20)17-7-6-16-13/h2-7H,8H2,1H3. The molecule has 0 spiro atoms. The number of Topliss-reactive ketones (excluding diaryl/α,β-unsaturated/α-hetero) is 2. The van der Waals surface area contributed by atoms with E-state index in [-0.39, 0.29) is 35.1 Å². The number of hydrogen-bond acceptors (Lipinski definition) is 6. The number of carbonyl (C=O) groups excluding carboxylic acids is 2. The fraction of sp³-hybridized carbons (Fsp3) is 0.133. The van der Waals surface area contributed by atoms with Crippen LogP contribution in [0.2, 0.25) is 0 Å². The Morgan fingerprint density at radius 2 is 1.71 bits per heavy atom. The summed E-state index contributed by atoms with van der Waals surface area (Å²) in [5, 5.41) is 0. The van der Waals surface area contributed by atoms with Crippen molar-refractivity contribution in [2.75, 3.05) is 7.11 Å². The number of benzene rings is 1. The molecule has 104 valence electrons. The maximum atomic E-state index is 12.3. The van der Waals surface area contributed by atoms with E-state index in [0.717, 1.165) is 0 Å². The van der Waals surface area contributed by atoms with E-state index in [1.807, 2.05) is 0 Å². The highest BCUT2D eigenvalue weighted by molar-refractivity contribution is 6.52. The first-order valence-corrected chi connectivity index (χ1v) is 6.29. The van der Waals surface area contributed by atoms with Gasteiger partial charge in [-0.1, -0.05) is 0 Å². The van der Waals surface area contributed by atoms with Gasteiger partial charge >= 0.3 is 0 Å². The topological polar surface area (TPSA) is 81.5 Å². The zero-order chi connectivity index (χ0) is 14.8. The molecule has 6 nitrogen and oxygen atoms in total. The van der Waals surface area contributed by atoms with Crippen LogP contribution >= 0.6 is 0 Å². The van der Waals surface area contributed by atoms with Crippen LogP contribution in [0.1, 0.15) is 27.4 Å². The van der Waals surface area contributed by atoms with Crippen molar-refractivity contribution in [3.05, 3.63) is 48.0 Å². The van der Waals surface area contributed by atoms with Gasteiger partial charge in [-0.25, -0.2) is 15.0 Å². The molecule has 0 saturated heterocycles. The summed E-state index contributed by atoms with van der Waals surface area (Å²) in [6.07, 6.45) is 2.73. The van der Waals surface area contributed by atoms with Crippen LogP contribution in [0.5, 0.6) is 5.75 Å². The van der Waals surface area contributed by atoms with E-state index in [9.17, 15) is 9.59 Å². The maximum Gasteiger partial charge on any atom is 0.228 e. The molecule has 2 aromatic rings. The van der Waals surface area contributed by atoms with E-state index < -0.39 is 0 Å². The second-order valence-corrected chi connectivity index (χ2v) is 4.44. The van der Waals surface area contributed by atoms with Crippen LogP contribution in [-0.4, -0.2) is 34.4 Å². The average molecular weight is 281 g/mol. The van der Waals surface area contributed by atoms with Crippen LogP contribution in [0.15, 0.2) is 41.7 Å². The first kappa shape index (κ1) is 13.1. The number of carbonyl (C=O) groups is 2. The quantitative estimate of drug-likeness (QED) is 0.841. The van der Waals surface area contributed by atoms with Gasteiger partial charge in [0, 0.05) is 12.4 Å². The van der Waals surface area contributed by atoms with Gasteiger partial charge in [0.1, 0.15) is 17.1 Å². The van der Waals surface area contributed by atoms with Crippen molar-refractivity contribution in [3.63, 3.8) is 0 Å². The summed E-state index contributed by atoms with van der Waals surface area (Å²) in [7, 11) is 1.57. The van der Waals surface area contributed by atoms with E-state index in [2.05, 4.69) is 15.0 Å². The lowest BCUT2D eigenvalue weighted by Crippen LogP contribution is -2.29. The number of aromatic nitrogens is 2. The molecule has 0 atom stereocenters. The Morgan fingerprint density at radius 1 is 1.05 bits per heavy atom. The van der Waals surface area contributed by atoms with Gasteiger partial charge in [0.15, 0.2) is 5.78 Å². The number of hydrogen-bond donors (Lipinski definition) is 0. The van der Waals surface area contributed by atoms with Gasteiger partial charge < -0.3 is 4.74 Å². The first-order valence-electron chi connectivity index (χ1n) is 6.29. The highest BCUT2D eigenvalue weighted by Gasteiger charge is 2.31. The number of ketones is 2. The summed E-state index contributed by atoms with van der Waals surface area (Å²) in [5.41, 5.74) is 0.953. The second-order valence-electron chi connectivity index (χ2n) is 4.44. The summed E-state index contributed by atoms with van der Waals surface area (Å²) < 4.78 is 5.06. The zero-order valence-electron chi connectivity index (χ0n) is 11.2. The molecular weight excluding hydrogens is 270 g/mol. The van der Waals surface area contributed by atoms with Gasteiger partial charge in [0.25, 0.3) is 0 Å². The molecule has 0 saturated carbocycles. The van der Waals surface area contributed by atoms with Gasteiger partial charge in [-0.3, -0.25) is 9.59 Å². The van der Waals surface area contributed by atoms with Crippen molar-refractivity contribution >= 4 is 23.0 Å². The first-order chi connectivity index (χ1) is 10.2. The molecule has 1 heterocycles. The third kappa shape index (κ3) is 2.43. The summed E-state index contributed by atoms with van der Waals surface area (Å²) >= 11 is 0. The predicted octanol–water partition coefficient (Wildman–Crippen LogP) is 2.03. The van der Waals surface area contributed by atoms with Gasteiger partial charge in [0.05, 0.1) is 24.9 Å². The number of nitrogens with zero attached hydrogens (tertiary/aromatic N) is 3. The highest BCUT2D eigenvalue weighted by atomic mass is 16.5. The molecule has 0 radical (unpaired) electrons. The SMILES string of the molecule is COc1ccc(N=C2CC(=O)c3nccnc3C2=O)cc1. The molecule has 1 aliphatic rings. The minimum absolute atomic E-state index is 0.0590. The minimum atomic E-state index is -0.353. The Bertz CT molecular complexity index is 751. The minimum Gasteiger partial charge on any atom is -0.497 e. The van der Waals surface area contributed by atoms with E-state index >= 15 is 0 Å². The van der Waals surface area contributed by atoms with Crippen molar-refractivity contribution in [2.45, 2.75) is 6.42 Å². The molecule has 1 aromatic heterocycles. The Labute approximate surface area is 120 Å². The Morgan fingerprint density at radius 3 is 2.38 bits per heavy atom. The fourth-order valence-electron chi connectivity index (χ4n) is 2.06. The van der Waals surface area contributed by atoms with Crippen LogP contribution < -0.4 is 4.74 Å². The summed E-state index contributed by atoms with van der Waals surface area (Å²) in [6, 6.07) is 6.91. The molecule has 0 fully saturated rings. The normalized spacial score (nSPS) is 16.0. The number of aliphatic imine (C=N–C) groups is 1. The van der Waals surface area contributed by atoms with Crippen LogP contribution in [0, 0.1) is 0 Å². The van der Waals surface area contributed by atoms with Crippen molar-refractivity contribution < 1.29 is 14.3 Å². The third-order valence-corrected chi connectivity index (χ3v) is 3.10. The number of methoxy groups -OCH3 is 1. The lowest BCUT2D eigenvalue weighted by atomic mass is 9.95. The Kier molecular flexibility index (Phi) is 3.27. The third-order valence-electron chi connectivity index (χ3n) is 3.10. The molecule has 0 aliphatic heterocycles. The lowest BCUT2D eigenvalue weighted by molar-refractivity contribution is 0.0957. The van der Waals surface area contributed by atoms with Crippen LogP contribution in [0.3, 0.4) is 0 Å². The molecular formula is C15H11N3O3. The van der Waals surface area contributed by atoms with Crippen molar-refractivity contribution in [3.8, 4) is 5.75 Å². The number of fused-ring (bicyclic) bond motifs is 1. The molecule has 0 N–H and O–H groups in total. The largest absolute Gasteiger partial charge is 0.497 e. The molecule has 0 bridgehead atoms. The van der Waals surface area contributed by atoms with Crippen LogP contribution in [-0.2, 0) is 0 Å². The predicted molar refractivity (Wildman–Crippen MR) is 75.4 cm³/mol. The van der Waals surface area contributed by atoms with E-state index in [4.69, 9.17) is 4.74 Å². The molecule has 1 aliphatic carbocycles. The Hall–Kier alpha value is -2.89. The van der Waals surface area contributed by atoms with Gasteiger partial charge in [0.2, 0.25) is 5.78 Å². The zero-order valence-corrected chi connectivity index (χ0v) is 11.2. The van der Waals surface area contributed by atoms with Crippen LogP contribution in [0.4, 0.5) is 5.69 Å². The van der Waals surface area contributed by atoms with E-state index in [0.29, 0.717) is 11.4 Å². The highest BCUT2D eigenvalue weighted by Crippen LogP contribution is 2.21. The fourth-order valence-corrected chi connectivity index (χ4v) is 2.06. The van der Waals surface area contributed by atoms with Gasteiger partial charge in [-0.15, -0.1) is 0 Å². The van der Waals surface area contributed by atoms with Crippen molar-refractivity contribution in [2.24, 2.45) is 4.99 Å². The Balaban J connectivity index is 1.98. The second kappa shape index (κ2) is 5.24. The van der Waals surface area contributed by atoms with Gasteiger partial charge in [-0.2, -0.15) is 0 Å². The monoisotopic (exact) mass is 281 g/mol. The summed E-state index contributed by atoms with van der Waals surface area (Å²) in [5.74, 6) is 0.0969. The molecule has 0 amide bonds. The van der Waals surface area contributed by atoms with Crippen molar-refractivity contribution in [1.82, 2.24) is 9.97 Å². The van der Waals surface area contributed by atoms with Crippen LogP contribution in [0.25, 0.3) is 0 Å². The van der Waals surface area contributed by atoms with E-state index in [1.165, 1.54) is 12.4 Å². The van der Waals surface area contributed by atoms with E-state index in [1.54, 1.807) is 31.4 Å².